The van der Waals surface area contributed by atoms with E-state index in [2.05, 4.69) is 11.0 Å². The molecule has 1 heterocycles. The maximum atomic E-state index is 12.5. The fourth-order valence-electron chi connectivity index (χ4n) is 6.52. The van der Waals surface area contributed by atoms with Gasteiger partial charge in [-0.05, 0) is 67.8 Å². The molecule has 3 aliphatic carbocycles. The molecule has 3 fully saturated rings. The number of ether oxygens (including phenoxy) is 1. The minimum atomic E-state index is -0.302. The van der Waals surface area contributed by atoms with Gasteiger partial charge < -0.3 is 9.84 Å². The highest BCUT2D eigenvalue weighted by molar-refractivity contribution is 5.82. The molecule has 5 rings (SSSR count). The van der Waals surface area contributed by atoms with Gasteiger partial charge in [0, 0.05) is 38.0 Å². The Morgan fingerprint density at radius 1 is 1.31 bits per heavy atom. The predicted octanol–water partition coefficient (Wildman–Crippen LogP) is 3.20. The van der Waals surface area contributed by atoms with Crippen molar-refractivity contribution in [2.75, 3.05) is 20.2 Å². The Morgan fingerprint density at radius 2 is 2.15 bits per heavy atom. The van der Waals surface area contributed by atoms with Crippen LogP contribution in [0.15, 0.2) is 18.2 Å². The van der Waals surface area contributed by atoms with Gasteiger partial charge in [-0.3, -0.25) is 9.69 Å². The Labute approximate surface area is 155 Å². The zero-order valence-electron chi connectivity index (χ0n) is 15.7. The third-order valence-electron chi connectivity index (χ3n) is 7.99. The standard InChI is InChI=1S/C22H29NO3/c1-26-22-8-7-18(25)13-21(22)9-10-23(14-15-3-2-4-15)20(22)11-16-5-6-17(24)12-19(16)21/h5-6,12,15,20,24H,2-4,7-11,13-14H2,1H3/t20-,21-,22-/m1/s1. The van der Waals surface area contributed by atoms with Crippen LogP contribution in [0.25, 0.3) is 0 Å². The molecule has 4 aliphatic rings. The molecule has 1 aromatic carbocycles. The first-order valence-electron chi connectivity index (χ1n) is 10.2. The molecular formula is C22H29NO3. The average molecular weight is 355 g/mol. The lowest BCUT2D eigenvalue weighted by Gasteiger charge is -2.65. The van der Waals surface area contributed by atoms with Gasteiger partial charge in [-0.25, -0.2) is 0 Å². The normalized spacial score (nSPS) is 37.0. The van der Waals surface area contributed by atoms with E-state index in [1.165, 1.54) is 36.9 Å². The van der Waals surface area contributed by atoms with E-state index >= 15 is 0 Å². The number of carbonyl (C=O) groups is 1. The fourth-order valence-corrected chi connectivity index (χ4v) is 6.52. The first-order valence-corrected chi connectivity index (χ1v) is 10.2. The van der Waals surface area contributed by atoms with Gasteiger partial charge in [0.05, 0.1) is 5.60 Å². The Balaban J connectivity index is 1.64. The highest BCUT2D eigenvalue weighted by Gasteiger charge is 2.65. The molecule has 0 amide bonds. The molecule has 0 aromatic heterocycles. The van der Waals surface area contributed by atoms with Crippen molar-refractivity contribution in [2.45, 2.75) is 68.4 Å². The molecule has 4 nitrogen and oxygen atoms in total. The number of rotatable bonds is 3. The van der Waals surface area contributed by atoms with Gasteiger partial charge in [-0.1, -0.05) is 12.5 Å². The summed E-state index contributed by atoms with van der Waals surface area (Å²) in [5.41, 5.74) is 1.90. The second kappa shape index (κ2) is 5.80. The van der Waals surface area contributed by atoms with Crippen molar-refractivity contribution in [1.29, 1.82) is 0 Å². The predicted molar refractivity (Wildman–Crippen MR) is 99.4 cm³/mol. The van der Waals surface area contributed by atoms with Crippen LogP contribution in [0.5, 0.6) is 5.75 Å². The molecule has 3 atom stereocenters. The molecule has 26 heavy (non-hydrogen) atoms. The molecule has 2 bridgehead atoms. The summed E-state index contributed by atoms with van der Waals surface area (Å²) < 4.78 is 6.37. The number of likely N-dealkylation sites (tertiary alicyclic amines) is 1. The average Bonchev–Trinajstić information content (AvgIpc) is 2.60. The van der Waals surface area contributed by atoms with E-state index in [4.69, 9.17) is 4.74 Å². The quantitative estimate of drug-likeness (QED) is 0.905. The molecule has 4 heteroatoms. The SMILES string of the molecule is CO[C@@]12CCC(=O)C[C@@]13CCN(CC1CCC1)[C@@H]2Cc1ccc(O)cc13. The van der Waals surface area contributed by atoms with Gasteiger partial charge in [0.15, 0.2) is 0 Å². The van der Waals surface area contributed by atoms with Crippen molar-refractivity contribution >= 4 is 5.78 Å². The number of methoxy groups -OCH3 is 1. The molecule has 140 valence electrons. The lowest BCUT2D eigenvalue weighted by molar-refractivity contribution is -0.189. The summed E-state index contributed by atoms with van der Waals surface area (Å²) in [6.07, 6.45) is 8.00. The molecule has 1 aliphatic heterocycles. The molecule has 1 N–H and O–H groups in total. The number of phenols is 1. The number of nitrogens with zero attached hydrogens (tertiary/aromatic N) is 1. The van der Waals surface area contributed by atoms with Crippen LogP contribution in [-0.2, 0) is 21.4 Å². The first-order chi connectivity index (χ1) is 12.6. The van der Waals surface area contributed by atoms with Crippen LogP contribution in [0.1, 0.15) is 56.1 Å². The van der Waals surface area contributed by atoms with E-state index in [1.54, 1.807) is 6.07 Å². The van der Waals surface area contributed by atoms with E-state index in [0.29, 0.717) is 30.4 Å². The van der Waals surface area contributed by atoms with Gasteiger partial charge in [0.25, 0.3) is 0 Å². The summed E-state index contributed by atoms with van der Waals surface area (Å²) in [5, 5.41) is 10.2. The molecule has 0 unspecified atom stereocenters. The smallest absolute Gasteiger partial charge is 0.134 e. The van der Waals surface area contributed by atoms with Gasteiger partial charge in [0.2, 0.25) is 0 Å². The summed E-state index contributed by atoms with van der Waals surface area (Å²) in [4.78, 5) is 15.2. The monoisotopic (exact) mass is 355 g/mol. The van der Waals surface area contributed by atoms with Crippen LogP contribution in [-0.4, -0.2) is 47.6 Å². The summed E-state index contributed by atoms with van der Waals surface area (Å²) in [7, 11) is 1.85. The fraction of sp³-hybridized carbons (Fsp3) is 0.682. The number of benzene rings is 1. The maximum Gasteiger partial charge on any atom is 0.134 e. The largest absolute Gasteiger partial charge is 0.508 e. The van der Waals surface area contributed by atoms with Gasteiger partial charge in [0.1, 0.15) is 11.5 Å². The van der Waals surface area contributed by atoms with Crippen LogP contribution < -0.4 is 0 Å². The van der Waals surface area contributed by atoms with Crippen molar-refractivity contribution in [3.05, 3.63) is 29.3 Å². The van der Waals surface area contributed by atoms with Gasteiger partial charge in [-0.15, -0.1) is 0 Å². The highest BCUT2D eigenvalue weighted by Crippen LogP contribution is 2.59. The summed E-state index contributed by atoms with van der Waals surface area (Å²) in [6.45, 7) is 2.21. The highest BCUT2D eigenvalue weighted by atomic mass is 16.5. The van der Waals surface area contributed by atoms with Crippen LogP contribution in [0.4, 0.5) is 0 Å². The molecule has 1 aromatic rings. The number of Topliss-reactive ketones (excluding diaryl/α,β-unsaturated/α-hetero) is 1. The number of aromatic hydroxyl groups is 1. The Hall–Kier alpha value is -1.39. The van der Waals surface area contributed by atoms with Crippen LogP contribution in [0, 0.1) is 5.92 Å². The van der Waals surface area contributed by atoms with E-state index in [0.717, 1.165) is 31.7 Å². The Bertz CT molecular complexity index is 743. The zero-order chi connectivity index (χ0) is 17.9. The number of ketones is 1. The third kappa shape index (κ3) is 2.12. The number of hydrogen-bond donors (Lipinski definition) is 1. The lowest BCUT2D eigenvalue weighted by Crippen LogP contribution is -2.74. The first kappa shape index (κ1) is 16.8. The number of carbonyl (C=O) groups excluding carboxylic acids is 1. The van der Waals surface area contributed by atoms with Gasteiger partial charge >= 0.3 is 0 Å². The summed E-state index contributed by atoms with van der Waals surface area (Å²) in [6, 6.07) is 6.13. The van der Waals surface area contributed by atoms with E-state index < -0.39 is 0 Å². The molecule has 2 saturated carbocycles. The Morgan fingerprint density at radius 3 is 2.88 bits per heavy atom. The zero-order valence-corrected chi connectivity index (χ0v) is 15.7. The molecule has 0 spiro atoms. The topological polar surface area (TPSA) is 49.8 Å². The van der Waals surface area contributed by atoms with Gasteiger partial charge in [-0.2, -0.15) is 0 Å². The van der Waals surface area contributed by atoms with Crippen molar-refractivity contribution in [2.24, 2.45) is 5.92 Å². The van der Waals surface area contributed by atoms with Crippen molar-refractivity contribution in [3.63, 3.8) is 0 Å². The van der Waals surface area contributed by atoms with Crippen molar-refractivity contribution < 1.29 is 14.6 Å². The lowest BCUT2D eigenvalue weighted by atomic mass is 9.49. The minimum absolute atomic E-state index is 0.274. The molecular weight excluding hydrogens is 326 g/mol. The van der Waals surface area contributed by atoms with Crippen LogP contribution in [0.2, 0.25) is 0 Å². The number of fused-ring (bicyclic) bond motifs is 1. The van der Waals surface area contributed by atoms with Crippen LogP contribution >= 0.6 is 0 Å². The summed E-state index contributed by atoms with van der Waals surface area (Å²) >= 11 is 0. The van der Waals surface area contributed by atoms with E-state index in [-0.39, 0.29) is 11.0 Å². The number of phenolic OH excluding ortho intramolecular Hbond substituents is 1. The minimum Gasteiger partial charge on any atom is -0.508 e. The number of piperidine rings is 1. The molecule has 1 saturated heterocycles. The molecule has 0 radical (unpaired) electrons. The second-order valence-corrected chi connectivity index (χ2v) is 8.99. The number of hydrogen-bond acceptors (Lipinski definition) is 4. The van der Waals surface area contributed by atoms with Crippen LogP contribution in [0.3, 0.4) is 0 Å². The summed E-state index contributed by atoms with van der Waals surface area (Å²) in [5.74, 6) is 1.49. The second-order valence-electron chi connectivity index (χ2n) is 8.99. The third-order valence-corrected chi connectivity index (χ3v) is 7.99. The Kier molecular flexibility index (Phi) is 3.74. The van der Waals surface area contributed by atoms with Crippen molar-refractivity contribution in [1.82, 2.24) is 4.90 Å². The van der Waals surface area contributed by atoms with E-state index in [1.807, 2.05) is 13.2 Å². The maximum absolute atomic E-state index is 12.5. The van der Waals surface area contributed by atoms with E-state index in [9.17, 15) is 9.90 Å². The van der Waals surface area contributed by atoms with Crippen molar-refractivity contribution in [3.8, 4) is 5.75 Å².